The lowest BCUT2D eigenvalue weighted by molar-refractivity contribution is -0.0511. The highest BCUT2D eigenvalue weighted by Gasteiger charge is 2.44. The third kappa shape index (κ3) is 2.78. The maximum atomic E-state index is 11.8. The maximum Gasteiger partial charge on any atom is 0.348 e. The number of aliphatic hydroxyl groups is 3. The molecule has 2 aromatic rings. The number of aliphatic imine (C=N–C) groups is 1. The minimum absolute atomic E-state index is 0.152. The van der Waals surface area contributed by atoms with Gasteiger partial charge in [-0.05, 0) is 0 Å². The average Bonchev–Trinajstić information content (AvgIpc) is 3.07. The summed E-state index contributed by atoms with van der Waals surface area (Å²) in [4.78, 5) is 28.1. The number of H-pyrrole nitrogens is 1. The fourth-order valence-corrected chi connectivity index (χ4v) is 2.48. The lowest BCUT2D eigenvalue weighted by Gasteiger charge is -2.16. The molecule has 0 bridgehead atoms. The fourth-order valence-electron chi connectivity index (χ4n) is 2.48. The van der Waals surface area contributed by atoms with Gasteiger partial charge in [-0.1, -0.05) is 0 Å². The highest BCUT2D eigenvalue weighted by Crippen LogP contribution is 2.32. The molecule has 1 fully saturated rings. The summed E-state index contributed by atoms with van der Waals surface area (Å²) in [5.41, 5.74) is -0.174. The van der Waals surface area contributed by atoms with Crippen LogP contribution in [0.2, 0.25) is 0 Å². The molecule has 4 N–H and O–H groups in total. The number of rotatable bonds is 4. The summed E-state index contributed by atoms with van der Waals surface area (Å²) in [6.07, 6.45) is -1.69. The van der Waals surface area contributed by atoms with Crippen LogP contribution < -0.4 is 5.69 Å². The van der Waals surface area contributed by atoms with Crippen molar-refractivity contribution >= 4 is 23.3 Å². The Bertz CT molecular complexity index is 815. The Balaban J connectivity index is 2.07. The van der Waals surface area contributed by atoms with E-state index < -0.39 is 36.8 Å². The van der Waals surface area contributed by atoms with Crippen molar-refractivity contribution in [3.05, 3.63) is 16.8 Å². The Morgan fingerprint density at radius 3 is 2.83 bits per heavy atom. The average molecular weight is 338 g/mol. The van der Waals surface area contributed by atoms with E-state index in [0.717, 1.165) is 0 Å². The van der Waals surface area contributed by atoms with Gasteiger partial charge in [0.1, 0.15) is 18.3 Å². The topological polar surface area (TPSA) is 149 Å². The number of fused-ring (bicyclic) bond motifs is 1. The van der Waals surface area contributed by atoms with Gasteiger partial charge in [-0.15, -0.1) is 0 Å². The lowest BCUT2D eigenvalue weighted by Crippen LogP contribution is -2.33. The lowest BCUT2D eigenvalue weighted by atomic mass is 10.1. The van der Waals surface area contributed by atoms with E-state index in [0.29, 0.717) is 5.52 Å². The SMILES string of the molecule is CN(C)/C=N/c1[nH]c(=O)nc2c1ncn2[C@@H]1O[C@H](CO)[C@H](O)C1O. The molecule has 0 aliphatic carbocycles. The molecule has 0 aromatic carbocycles. The van der Waals surface area contributed by atoms with Gasteiger partial charge < -0.3 is 25.0 Å². The van der Waals surface area contributed by atoms with Crippen LogP contribution in [0.5, 0.6) is 0 Å². The third-order valence-corrected chi connectivity index (χ3v) is 3.63. The molecule has 3 rings (SSSR count). The molecule has 1 aliphatic rings. The van der Waals surface area contributed by atoms with Gasteiger partial charge in [0.15, 0.2) is 23.2 Å². The third-order valence-electron chi connectivity index (χ3n) is 3.63. The van der Waals surface area contributed by atoms with Gasteiger partial charge in [0.2, 0.25) is 0 Å². The number of aromatic amines is 1. The van der Waals surface area contributed by atoms with Crippen molar-refractivity contribution in [2.75, 3.05) is 20.7 Å². The van der Waals surface area contributed by atoms with E-state index in [4.69, 9.17) is 4.74 Å². The number of ether oxygens (including phenoxy) is 1. The van der Waals surface area contributed by atoms with Crippen LogP contribution in [0.15, 0.2) is 16.1 Å². The number of imidazole rings is 1. The van der Waals surface area contributed by atoms with Gasteiger partial charge in [0.25, 0.3) is 0 Å². The van der Waals surface area contributed by atoms with Crippen LogP contribution in [0, 0.1) is 0 Å². The molecule has 4 atom stereocenters. The van der Waals surface area contributed by atoms with Crippen molar-refractivity contribution in [3.8, 4) is 0 Å². The van der Waals surface area contributed by atoms with Gasteiger partial charge in [0, 0.05) is 14.1 Å². The molecular weight excluding hydrogens is 320 g/mol. The number of hydrogen-bond donors (Lipinski definition) is 4. The normalized spacial score (nSPS) is 27.4. The van der Waals surface area contributed by atoms with Crippen molar-refractivity contribution in [1.82, 2.24) is 24.4 Å². The number of aromatic nitrogens is 4. The predicted molar refractivity (Wildman–Crippen MR) is 83.0 cm³/mol. The highest BCUT2D eigenvalue weighted by molar-refractivity contribution is 5.82. The monoisotopic (exact) mass is 338 g/mol. The first-order valence-corrected chi connectivity index (χ1v) is 7.22. The van der Waals surface area contributed by atoms with Crippen molar-refractivity contribution in [1.29, 1.82) is 0 Å². The summed E-state index contributed by atoms with van der Waals surface area (Å²) in [7, 11) is 3.55. The standard InChI is InChI=1S/C13H18N6O5/c1-18(2)4-15-10-7-11(17-13(23)16-10)19(5-14-7)12-9(22)8(21)6(3-20)24-12/h4-6,8-9,12,20-22H,3H2,1-2H3,(H,16,17,23)/b15-4+/t6-,8+,9?,12-/m1/s1. The second-order valence-corrected chi connectivity index (χ2v) is 5.65. The molecule has 1 unspecified atom stereocenters. The van der Waals surface area contributed by atoms with Crippen LogP contribution in [0.3, 0.4) is 0 Å². The molecule has 24 heavy (non-hydrogen) atoms. The van der Waals surface area contributed by atoms with Gasteiger partial charge in [-0.2, -0.15) is 4.98 Å². The maximum absolute atomic E-state index is 11.8. The smallest absolute Gasteiger partial charge is 0.348 e. The second kappa shape index (κ2) is 6.28. The zero-order valence-electron chi connectivity index (χ0n) is 13.1. The number of hydrogen-bond acceptors (Lipinski definition) is 8. The molecular formula is C13H18N6O5. The van der Waals surface area contributed by atoms with Crippen LogP contribution in [-0.4, -0.2) is 85.1 Å². The summed E-state index contributed by atoms with van der Waals surface area (Å²) in [5.74, 6) is 0.212. The van der Waals surface area contributed by atoms with E-state index in [-0.39, 0.29) is 11.5 Å². The quantitative estimate of drug-likeness (QED) is 0.368. The number of nitrogens with one attached hydrogen (secondary N) is 1. The summed E-state index contributed by atoms with van der Waals surface area (Å²) in [5, 5.41) is 29.2. The van der Waals surface area contributed by atoms with Gasteiger partial charge in [-0.25, -0.2) is 14.8 Å². The molecule has 0 spiro atoms. The Kier molecular flexibility index (Phi) is 4.32. The first kappa shape index (κ1) is 16.5. The van der Waals surface area contributed by atoms with Crippen LogP contribution in [0.1, 0.15) is 6.23 Å². The molecule has 0 radical (unpaired) electrons. The summed E-state index contributed by atoms with van der Waals surface area (Å²) < 4.78 is 6.78. The van der Waals surface area contributed by atoms with E-state index in [1.165, 1.54) is 17.2 Å². The largest absolute Gasteiger partial charge is 0.394 e. The van der Waals surface area contributed by atoms with Crippen LogP contribution in [-0.2, 0) is 4.74 Å². The summed E-state index contributed by atoms with van der Waals surface area (Å²) in [6.45, 7) is -0.451. The van der Waals surface area contributed by atoms with Gasteiger partial charge >= 0.3 is 5.69 Å². The second-order valence-electron chi connectivity index (χ2n) is 5.65. The number of nitrogens with zero attached hydrogens (tertiary/aromatic N) is 5. The minimum Gasteiger partial charge on any atom is -0.394 e. The summed E-state index contributed by atoms with van der Waals surface area (Å²) in [6, 6.07) is 0. The van der Waals surface area contributed by atoms with E-state index in [9.17, 15) is 20.1 Å². The zero-order chi connectivity index (χ0) is 17.4. The van der Waals surface area contributed by atoms with Gasteiger partial charge in [0.05, 0.1) is 19.3 Å². The molecule has 11 nitrogen and oxygen atoms in total. The van der Waals surface area contributed by atoms with Crippen molar-refractivity contribution < 1.29 is 20.1 Å². The molecule has 0 amide bonds. The van der Waals surface area contributed by atoms with Gasteiger partial charge in [-0.3, -0.25) is 9.55 Å². The van der Waals surface area contributed by atoms with Crippen molar-refractivity contribution in [2.24, 2.45) is 4.99 Å². The molecule has 1 aliphatic heterocycles. The molecule has 130 valence electrons. The molecule has 0 saturated carbocycles. The Hall–Kier alpha value is -2.34. The zero-order valence-corrected chi connectivity index (χ0v) is 13.1. The predicted octanol–water partition coefficient (Wildman–Crippen LogP) is -2.05. The molecule has 2 aromatic heterocycles. The Labute approximate surface area is 135 Å². The molecule has 11 heteroatoms. The van der Waals surface area contributed by atoms with E-state index >= 15 is 0 Å². The van der Waals surface area contributed by atoms with Crippen LogP contribution in [0.25, 0.3) is 11.2 Å². The fraction of sp³-hybridized carbons (Fsp3) is 0.538. The first-order chi connectivity index (χ1) is 11.4. The van der Waals surface area contributed by atoms with Crippen LogP contribution >= 0.6 is 0 Å². The molecule has 3 heterocycles. The van der Waals surface area contributed by atoms with Crippen molar-refractivity contribution in [3.63, 3.8) is 0 Å². The van der Waals surface area contributed by atoms with E-state index in [1.54, 1.807) is 19.0 Å². The minimum atomic E-state index is -1.30. The highest BCUT2D eigenvalue weighted by atomic mass is 16.6. The van der Waals surface area contributed by atoms with E-state index in [2.05, 4.69) is 19.9 Å². The van der Waals surface area contributed by atoms with E-state index in [1.807, 2.05) is 0 Å². The molecule has 1 saturated heterocycles. The number of aliphatic hydroxyl groups excluding tert-OH is 3. The van der Waals surface area contributed by atoms with Crippen molar-refractivity contribution in [2.45, 2.75) is 24.5 Å². The summed E-state index contributed by atoms with van der Waals surface area (Å²) >= 11 is 0. The van der Waals surface area contributed by atoms with Crippen LogP contribution in [0.4, 0.5) is 5.82 Å². The Morgan fingerprint density at radius 2 is 2.21 bits per heavy atom. The first-order valence-electron chi connectivity index (χ1n) is 7.22. The Morgan fingerprint density at radius 1 is 1.46 bits per heavy atom.